The highest BCUT2D eigenvalue weighted by Gasteiger charge is 2.29. The molecular formula is C13H16N2O. The molecule has 0 spiro atoms. The number of anilines is 2. The molecule has 1 fully saturated rings. The van der Waals surface area contributed by atoms with Crippen molar-refractivity contribution >= 4 is 17.3 Å². The summed E-state index contributed by atoms with van der Waals surface area (Å²) in [5.41, 5.74) is 8.62. The maximum Gasteiger partial charge on any atom is 0.231 e. The van der Waals surface area contributed by atoms with Crippen LogP contribution in [0.25, 0.3) is 0 Å². The van der Waals surface area contributed by atoms with E-state index in [0.29, 0.717) is 6.42 Å². The van der Waals surface area contributed by atoms with E-state index >= 15 is 0 Å². The van der Waals surface area contributed by atoms with Crippen molar-refractivity contribution in [2.45, 2.75) is 25.7 Å². The van der Waals surface area contributed by atoms with Gasteiger partial charge in [0.05, 0.1) is 6.42 Å². The Balaban J connectivity index is 1.81. The van der Waals surface area contributed by atoms with E-state index in [4.69, 9.17) is 5.73 Å². The summed E-state index contributed by atoms with van der Waals surface area (Å²) in [6.07, 6.45) is 4.36. The van der Waals surface area contributed by atoms with Gasteiger partial charge in [0.1, 0.15) is 0 Å². The molecule has 0 aromatic heterocycles. The zero-order valence-electron chi connectivity index (χ0n) is 9.28. The van der Waals surface area contributed by atoms with Gasteiger partial charge in [0, 0.05) is 17.9 Å². The van der Waals surface area contributed by atoms with Crippen LogP contribution in [0.15, 0.2) is 18.2 Å². The molecule has 3 nitrogen and oxygen atoms in total. The Labute approximate surface area is 95.2 Å². The molecule has 0 bridgehead atoms. The molecule has 2 N–H and O–H groups in total. The SMILES string of the molecule is Nc1ccc2c(c1)CC(=O)N2CCC1CC1. The smallest absolute Gasteiger partial charge is 0.231 e. The minimum Gasteiger partial charge on any atom is -0.399 e. The molecule has 1 amide bonds. The van der Waals surface area contributed by atoms with Crippen LogP contribution in [0.1, 0.15) is 24.8 Å². The Bertz CT molecular complexity index is 438. The van der Waals surface area contributed by atoms with E-state index in [-0.39, 0.29) is 5.91 Å². The lowest BCUT2D eigenvalue weighted by Gasteiger charge is -2.17. The van der Waals surface area contributed by atoms with Gasteiger partial charge in [0.2, 0.25) is 5.91 Å². The lowest BCUT2D eigenvalue weighted by molar-refractivity contribution is -0.117. The molecule has 1 saturated carbocycles. The van der Waals surface area contributed by atoms with Crippen molar-refractivity contribution in [3.8, 4) is 0 Å². The monoisotopic (exact) mass is 216 g/mol. The van der Waals surface area contributed by atoms with E-state index in [2.05, 4.69) is 0 Å². The van der Waals surface area contributed by atoms with Gasteiger partial charge >= 0.3 is 0 Å². The number of nitrogens with zero attached hydrogens (tertiary/aromatic N) is 1. The van der Waals surface area contributed by atoms with Crippen LogP contribution in [0.4, 0.5) is 11.4 Å². The quantitative estimate of drug-likeness (QED) is 0.785. The third kappa shape index (κ3) is 1.66. The molecule has 0 atom stereocenters. The molecule has 84 valence electrons. The molecule has 1 aromatic rings. The highest BCUT2D eigenvalue weighted by molar-refractivity contribution is 6.01. The van der Waals surface area contributed by atoms with Crippen molar-refractivity contribution in [2.75, 3.05) is 17.2 Å². The number of nitrogens with two attached hydrogens (primary N) is 1. The highest BCUT2D eigenvalue weighted by Crippen LogP contribution is 2.35. The molecule has 1 aliphatic carbocycles. The lowest BCUT2D eigenvalue weighted by atomic mass is 10.1. The van der Waals surface area contributed by atoms with Crippen LogP contribution in [-0.2, 0) is 11.2 Å². The minimum absolute atomic E-state index is 0.223. The highest BCUT2D eigenvalue weighted by atomic mass is 16.2. The van der Waals surface area contributed by atoms with E-state index in [9.17, 15) is 4.79 Å². The van der Waals surface area contributed by atoms with Crippen molar-refractivity contribution < 1.29 is 4.79 Å². The van der Waals surface area contributed by atoms with Gasteiger partial charge < -0.3 is 10.6 Å². The van der Waals surface area contributed by atoms with E-state index in [1.54, 1.807) is 0 Å². The second-order valence-electron chi connectivity index (χ2n) is 4.84. The van der Waals surface area contributed by atoms with Crippen LogP contribution in [-0.4, -0.2) is 12.5 Å². The zero-order valence-corrected chi connectivity index (χ0v) is 9.28. The number of carbonyl (C=O) groups is 1. The molecule has 16 heavy (non-hydrogen) atoms. The van der Waals surface area contributed by atoms with Crippen molar-refractivity contribution in [3.05, 3.63) is 23.8 Å². The van der Waals surface area contributed by atoms with E-state index < -0.39 is 0 Å². The number of rotatable bonds is 3. The fourth-order valence-corrected chi connectivity index (χ4v) is 2.37. The molecule has 0 unspecified atom stereocenters. The second kappa shape index (κ2) is 3.51. The predicted molar refractivity (Wildman–Crippen MR) is 64.3 cm³/mol. The fraction of sp³-hybridized carbons (Fsp3) is 0.462. The third-order valence-electron chi connectivity index (χ3n) is 3.49. The Kier molecular flexibility index (Phi) is 2.13. The van der Waals surface area contributed by atoms with Crippen LogP contribution in [0.2, 0.25) is 0 Å². The number of benzene rings is 1. The van der Waals surface area contributed by atoms with Crippen LogP contribution >= 0.6 is 0 Å². The van der Waals surface area contributed by atoms with Crippen molar-refractivity contribution in [2.24, 2.45) is 5.92 Å². The average Bonchev–Trinajstić information content (AvgIpc) is 3.00. The molecule has 0 radical (unpaired) electrons. The fourth-order valence-electron chi connectivity index (χ4n) is 2.37. The minimum atomic E-state index is 0.223. The van der Waals surface area contributed by atoms with Gasteiger partial charge in [-0.15, -0.1) is 0 Å². The first-order valence-corrected chi connectivity index (χ1v) is 5.93. The molecule has 0 saturated heterocycles. The Morgan fingerprint density at radius 2 is 2.19 bits per heavy atom. The van der Waals surface area contributed by atoms with E-state index in [1.165, 1.54) is 12.8 Å². The molecule has 3 rings (SSSR count). The molecule has 1 aliphatic heterocycles. The van der Waals surface area contributed by atoms with E-state index in [1.807, 2.05) is 23.1 Å². The average molecular weight is 216 g/mol. The summed E-state index contributed by atoms with van der Waals surface area (Å²) >= 11 is 0. The molecule has 3 heteroatoms. The van der Waals surface area contributed by atoms with Crippen molar-refractivity contribution in [1.29, 1.82) is 0 Å². The van der Waals surface area contributed by atoms with Gasteiger partial charge in [-0.25, -0.2) is 0 Å². The summed E-state index contributed by atoms with van der Waals surface area (Å²) in [4.78, 5) is 13.8. The standard InChI is InChI=1S/C13H16N2O/c14-11-3-4-12-10(7-11)8-13(16)15(12)6-5-9-1-2-9/h3-4,7,9H,1-2,5-6,8,14H2. The topological polar surface area (TPSA) is 46.3 Å². The molecule has 1 heterocycles. The maximum absolute atomic E-state index is 11.9. The number of fused-ring (bicyclic) bond motifs is 1. The Morgan fingerprint density at radius 1 is 1.38 bits per heavy atom. The lowest BCUT2D eigenvalue weighted by Crippen LogP contribution is -2.27. The van der Waals surface area contributed by atoms with Gasteiger partial charge in [0.15, 0.2) is 0 Å². The molecular weight excluding hydrogens is 200 g/mol. The number of amides is 1. The van der Waals surface area contributed by atoms with Crippen LogP contribution in [0.3, 0.4) is 0 Å². The maximum atomic E-state index is 11.9. The van der Waals surface area contributed by atoms with Crippen LogP contribution in [0, 0.1) is 5.92 Å². The largest absolute Gasteiger partial charge is 0.399 e. The summed E-state index contributed by atoms with van der Waals surface area (Å²) < 4.78 is 0. The van der Waals surface area contributed by atoms with Gasteiger partial charge in [0.25, 0.3) is 0 Å². The summed E-state index contributed by atoms with van der Waals surface area (Å²) in [7, 11) is 0. The number of carbonyl (C=O) groups excluding carboxylic acids is 1. The zero-order chi connectivity index (χ0) is 11.1. The van der Waals surface area contributed by atoms with E-state index in [0.717, 1.165) is 35.8 Å². The Morgan fingerprint density at radius 3 is 2.94 bits per heavy atom. The normalized spacial score (nSPS) is 19.0. The van der Waals surface area contributed by atoms with Gasteiger partial charge in [-0.1, -0.05) is 12.8 Å². The number of nitrogen functional groups attached to an aromatic ring is 1. The van der Waals surface area contributed by atoms with Crippen molar-refractivity contribution in [1.82, 2.24) is 0 Å². The predicted octanol–water partition coefficient (Wildman–Crippen LogP) is 1.96. The first-order valence-electron chi connectivity index (χ1n) is 5.93. The summed E-state index contributed by atoms with van der Waals surface area (Å²) in [5, 5.41) is 0. The van der Waals surface area contributed by atoms with Gasteiger partial charge in [-0.05, 0) is 36.1 Å². The van der Waals surface area contributed by atoms with Crippen molar-refractivity contribution in [3.63, 3.8) is 0 Å². The number of hydrogen-bond acceptors (Lipinski definition) is 2. The molecule has 1 aromatic carbocycles. The van der Waals surface area contributed by atoms with Gasteiger partial charge in [-0.2, -0.15) is 0 Å². The number of hydrogen-bond donors (Lipinski definition) is 1. The molecule has 2 aliphatic rings. The Hall–Kier alpha value is -1.51. The summed E-state index contributed by atoms with van der Waals surface area (Å²) in [5.74, 6) is 1.09. The first kappa shape index (κ1) is 9.70. The second-order valence-corrected chi connectivity index (χ2v) is 4.84. The van der Waals surface area contributed by atoms with Crippen LogP contribution in [0.5, 0.6) is 0 Å². The van der Waals surface area contributed by atoms with Crippen LogP contribution < -0.4 is 10.6 Å². The van der Waals surface area contributed by atoms with Gasteiger partial charge in [-0.3, -0.25) is 4.79 Å². The summed E-state index contributed by atoms with van der Waals surface area (Å²) in [6, 6.07) is 5.77. The first-order chi connectivity index (χ1) is 7.74. The third-order valence-corrected chi connectivity index (χ3v) is 3.49. The summed E-state index contributed by atoms with van der Waals surface area (Å²) in [6.45, 7) is 0.875.